The third-order valence-electron chi connectivity index (χ3n) is 4.87. The summed E-state index contributed by atoms with van der Waals surface area (Å²) in [6.07, 6.45) is 2.13. The van der Waals surface area contributed by atoms with Crippen molar-refractivity contribution in [1.29, 1.82) is 0 Å². The van der Waals surface area contributed by atoms with Gasteiger partial charge in [-0.3, -0.25) is 19.5 Å². The molecule has 0 amide bonds. The zero-order valence-corrected chi connectivity index (χ0v) is 15.0. The number of hydrogen-bond acceptors (Lipinski definition) is 3. The van der Waals surface area contributed by atoms with Crippen LogP contribution >= 0.6 is 0 Å². The summed E-state index contributed by atoms with van der Waals surface area (Å²) in [5.74, 6) is 0. The first-order valence-corrected chi connectivity index (χ1v) is 8.99. The van der Waals surface area contributed by atoms with Gasteiger partial charge in [-0.1, -0.05) is 31.5 Å². The maximum Gasteiger partial charge on any atom is 0.269 e. The van der Waals surface area contributed by atoms with Crippen molar-refractivity contribution in [2.75, 3.05) is 0 Å². The lowest BCUT2D eigenvalue weighted by molar-refractivity contribution is -0.384. The Balaban J connectivity index is 2.05. The molecule has 4 rings (SSSR count). The molecular formula is C21H19N3O3. The van der Waals surface area contributed by atoms with E-state index < -0.39 is 4.92 Å². The van der Waals surface area contributed by atoms with E-state index in [4.69, 9.17) is 0 Å². The topological polar surface area (TPSA) is 70.1 Å². The van der Waals surface area contributed by atoms with Crippen molar-refractivity contribution in [1.82, 2.24) is 9.13 Å². The zero-order chi connectivity index (χ0) is 19.0. The van der Waals surface area contributed by atoms with Gasteiger partial charge in [-0.05, 0) is 30.7 Å². The third kappa shape index (κ3) is 2.79. The fourth-order valence-electron chi connectivity index (χ4n) is 3.58. The number of hydrogen-bond donors (Lipinski definition) is 0. The molecule has 0 atom stereocenters. The van der Waals surface area contributed by atoms with Crippen molar-refractivity contribution in [2.24, 2.45) is 0 Å². The lowest BCUT2D eigenvalue weighted by Gasteiger charge is -2.09. The molecule has 0 fully saturated rings. The van der Waals surface area contributed by atoms with Gasteiger partial charge in [0.15, 0.2) is 0 Å². The standard InChI is InChI=1S/C21H19N3O3/c1-2-3-14-22-18-7-5-4-6-17(18)21-19(22)12-13-20(25)23(21)15-8-10-16(11-9-15)24(26)27/h4-13H,2-3,14H2,1H3. The quantitative estimate of drug-likeness (QED) is 0.384. The monoisotopic (exact) mass is 361 g/mol. The first-order chi connectivity index (χ1) is 13.1. The molecule has 0 saturated carbocycles. The van der Waals surface area contributed by atoms with Gasteiger partial charge in [0.1, 0.15) is 0 Å². The first-order valence-electron chi connectivity index (χ1n) is 8.99. The molecule has 0 aliphatic carbocycles. The summed E-state index contributed by atoms with van der Waals surface area (Å²) < 4.78 is 3.89. The maximum absolute atomic E-state index is 12.7. The number of nitro groups is 1. The van der Waals surface area contributed by atoms with E-state index in [0.29, 0.717) is 5.69 Å². The van der Waals surface area contributed by atoms with Crippen LogP contribution in [0.2, 0.25) is 0 Å². The highest BCUT2D eigenvalue weighted by atomic mass is 16.6. The third-order valence-corrected chi connectivity index (χ3v) is 4.87. The van der Waals surface area contributed by atoms with E-state index in [1.807, 2.05) is 24.3 Å². The van der Waals surface area contributed by atoms with E-state index in [9.17, 15) is 14.9 Å². The van der Waals surface area contributed by atoms with Crippen molar-refractivity contribution < 1.29 is 4.92 Å². The minimum absolute atomic E-state index is 0.00403. The van der Waals surface area contributed by atoms with Crippen LogP contribution in [-0.2, 0) is 6.54 Å². The Labute approximate surface area is 155 Å². The Morgan fingerprint density at radius 3 is 2.41 bits per heavy atom. The molecule has 0 saturated heterocycles. The van der Waals surface area contributed by atoms with Crippen molar-refractivity contribution in [3.05, 3.63) is 81.1 Å². The van der Waals surface area contributed by atoms with E-state index in [-0.39, 0.29) is 11.2 Å². The maximum atomic E-state index is 12.7. The average molecular weight is 361 g/mol. The minimum atomic E-state index is -0.441. The van der Waals surface area contributed by atoms with Crippen LogP contribution in [0.1, 0.15) is 19.8 Å². The molecular weight excluding hydrogens is 342 g/mol. The highest BCUT2D eigenvalue weighted by Crippen LogP contribution is 2.30. The summed E-state index contributed by atoms with van der Waals surface area (Å²) in [7, 11) is 0. The molecule has 6 heteroatoms. The van der Waals surface area contributed by atoms with Crippen LogP contribution in [0.4, 0.5) is 5.69 Å². The summed E-state index contributed by atoms with van der Waals surface area (Å²) >= 11 is 0. The molecule has 6 nitrogen and oxygen atoms in total. The molecule has 0 radical (unpaired) electrons. The summed E-state index contributed by atoms with van der Waals surface area (Å²) in [6, 6.07) is 17.6. The van der Waals surface area contributed by atoms with Gasteiger partial charge in [0, 0.05) is 35.8 Å². The Morgan fingerprint density at radius 2 is 1.70 bits per heavy atom. The van der Waals surface area contributed by atoms with Crippen molar-refractivity contribution >= 4 is 27.6 Å². The molecule has 0 aliphatic rings. The largest absolute Gasteiger partial charge is 0.339 e. The Morgan fingerprint density at radius 1 is 0.963 bits per heavy atom. The van der Waals surface area contributed by atoms with Crippen LogP contribution in [0.25, 0.3) is 27.6 Å². The van der Waals surface area contributed by atoms with Gasteiger partial charge in [-0.25, -0.2) is 0 Å². The van der Waals surface area contributed by atoms with Gasteiger partial charge < -0.3 is 4.57 Å². The highest BCUT2D eigenvalue weighted by Gasteiger charge is 2.16. The second-order valence-electron chi connectivity index (χ2n) is 6.54. The normalized spacial score (nSPS) is 11.3. The summed E-state index contributed by atoms with van der Waals surface area (Å²) in [4.78, 5) is 23.2. The van der Waals surface area contributed by atoms with Crippen LogP contribution in [0, 0.1) is 10.1 Å². The minimum Gasteiger partial charge on any atom is -0.339 e. The van der Waals surface area contributed by atoms with E-state index in [0.717, 1.165) is 41.3 Å². The van der Waals surface area contributed by atoms with E-state index in [1.54, 1.807) is 22.8 Å². The molecule has 4 aromatic rings. The summed E-state index contributed by atoms with van der Waals surface area (Å²) in [5.41, 5.74) is 3.38. The summed E-state index contributed by atoms with van der Waals surface area (Å²) in [5, 5.41) is 11.9. The van der Waals surface area contributed by atoms with Gasteiger partial charge in [-0.15, -0.1) is 0 Å². The number of pyridine rings is 1. The number of para-hydroxylation sites is 1. The van der Waals surface area contributed by atoms with Crippen LogP contribution in [0.5, 0.6) is 0 Å². The molecule has 2 heterocycles. The molecule has 2 aromatic heterocycles. The molecule has 136 valence electrons. The second-order valence-corrected chi connectivity index (χ2v) is 6.54. The number of benzene rings is 2. The molecule has 2 aromatic carbocycles. The Bertz CT molecular complexity index is 1200. The van der Waals surface area contributed by atoms with Gasteiger partial charge in [0.2, 0.25) is 0 Å². The van der Waals surface area contributed by atoms with Crippen molar-refractivity contribution in [3.8, 4) is 5.69 Å². The first kappa shape index (κ1) is 17.0. The van der Waals surface area contributed by atoms with E-state index in [1.165, 1.54) is 12.1 Å². The van der Waals surface area contributed by atoms with Gasteiger partial charge in [0.25, 0.3) is 11.2 Å². The van der Waals surface area contributed by atoms with E-state index >= 15 is 0 Å². The van der Waals surface area contributed by atoms with Gasteiger partial charge >= 0.3 is 0 Å². The number of rotatable bonds is 5. The number of aromatic nitrogens is 2. The number of fused-ring (bicyclic) bond motifs is 3. The molecule has 0 aliphatic heterocycles. The molecule has 27 heavy (non-hydrogen) atoms. The Kier molecular flexibility index (Phi) is 4.24. The molecule has 0 unspecified atom stereocenters. The summed E-state index contributed by atoms with van der Waals surface area (Å²) in [6.45, 7) is 3.03. The van der Waals surface area contributed by atoms with Crippen molar-refractivity contribution in [3.63, 3.8) is 0 Å². The predicted molar refractivity (Wildman–Crippen MR) is 107 cm³/mol. The molecule has 0 spiro atoms. The van der Waals surface area contributed by atoms with Crippen LogP contribution < -0.4 is 5.56 Å². The number of nitro benzene ring substituents is 1. The lowest BCUT2D eigenvalue weighted by Crippen LogP contribution is -2.17. The average Bonchev–Trinajstić information content (AvgIpc) is 3.00. The fraction of sp³-hybridized carbons (Fsp3) is 0.190. The van der Waals surface area contributed by atoms with Crippen LogP contribution in [0.3, 0.4) is 0 Å². The number of unbranched alkanes of at least 4 members (excludes halogenated alkanes) is 1. The highest BCUT2D eigenvalue weighted by molar-refractivity contribution is 6.06. The smallest absolute Gasteiger partial charge is 0.269 e. The van der Waals surface area contributed by atoms with Crippen LogP contribution in [0.15, 0.2) is 65.5 Å². The second kappa shape index (κ2) is 6.72. The Hall–Kier alpha value is -3.41. The van der Waals surface area contributed by atoms with E-state index in [2.05, 4.69) is 17.6 Å². The molecule has 0 N–H and O–H groups in total. The zero-order valence-electron chi connectivity index (χ0n) is 15.0. The number of nitrogens with zero attached hydrogens (tertiary/aromatic N) is 3. The molecule has 0 bridgehead atoms. The SMILES string of the molecule is CCCCn1c2ccccc2c2c1ccc(=O)n2-c1ccc([N+](=O)[O-])cc1. The van der Waals surface area contributed by atoms with Gasteiger partial charge in [0.05, 0.1) is 21.5 Å². The lowest BCUT2D eigenvalue weighted by atomic mass is 10.2. The predicted octanol–water partition coefficient (Wildman–Crippen LogP) is 4.65. The number of non-ortho nitro benzene ring substituents is 1. The fourth-order valence-corrected chi connectivity index (χ4v) is 3.58. The van der Waals surface area contributed by atoms with Crippen LogP contribution in [-0.4, -0.2) is 14.1 Å². The van der Waals surface area contributed by atoms with Crippen molar-refractivity contribution in [2.45, 2.75) is 26.3 Å². The van der Waals surface area contributed by atoms with Gasteiger partial charge in [-0.2, -0.15) is 0 Å². The number of aryl methyl sites for hydroxylation is 1.